The molecule has 4 heteroatoms. The van der Waals surface area contributed by atoms with Crippen molar-refractivity contribution in [3.05, 3.63) is 0 Å². The van der Waals surface area contributed by atoms with E-state index >= 15 is 0 Å². The van der Waals surface area contributed by atoms with Crippen LogP contribution in [0.5, 0.6) is 0 Å². The van der Waals surface area contributed by atoms with E-state index in [0.29, 0.717) is 30.8 Å². The summed E-state index contributed by atoms with van der Waals surface area (Å²) in [6, 6.07) is -0.00541. The largest absolute Gasteiger partial charge is 0.447 e. The molecule has 2 amide bonds. The van der Waals surface area contributed by atoms with E-state index in [1.807, 2.05) is 0 Å². The zero-order valence-corrected chi connectivity index (χ0v) is 15.2. The molecule has 1 aliphatic heterocycles. The van der Waals surface area contributed by atoms with Crippen LogP contribution in [-0.2, 0) is 9.53 Å². The van der Waals surface area contributed by atoms with E-state index in [4.69, 9.17) is 4.74 Å². The van der Waals surface area contributed by atoms with Crippen LogP contribution in [-0.4, -0.2) is 29.5 Å². The molecule has 0 aromatic carbocycles. The molecule has 1 heterocycles. The second kappa shape index (κ2) is 8.35. The predicted molar refractivity (Wildman–Crippen MR) is 93.5 cm³/mol. The molecule has 3 aliphatic rings. The molecule has 3 rings (SSSR count). The van der Waals surface area contributed by atoms with Gasteiger partial charge in [0.15, 0.2) is 0 Å². The maximum absolute atomic E-state index is 12.9. The van der Waals surface area contributed by atoms with Gasteiger partial charge in [-0.2, -0.15) is 0 Å². The van der Waals surface area contributed by atoms with Gasteiger partial charge >= 0.3 is 6.09 Å². The molecule has 0 bridgehead atoms. The van der Waals surface area contributed by atoms with Crippen LogP contribution in [0.25, 0.3) is 0 Å². The Balaban J connectivity index is 1.63. The first-order valence-electron chi connectivity index (χ1n) is 10.2. The average molecular weight is 335 g/mol. The van der Waals surface area contributed by atoms with E-state index < -0.39 is 6.09 Å². The van der Waals surface area contributed by atoms with Crippen molar-refractivity contribution in [2.24, 2.45) is 17.8 Å². The van der Waals surface area contributed by atoms with Gasteiger partial charge in [-0.3, -0.25) is 4.79 Å². The second-order valence-corrected chi connectivity index (χ2v) is 8.08. The van der Waals surface area contributed by atoms with Crippen LogP contribution >= 0.6 is 0 Å². The first-order chi connectivity index (χ1) is 11.7. The van der Waals surface area contributed by atoms with Crippen LogP contribution in [0.2, 0.25) is 0 Å². The lowest BCUT2D eigenvalue weighted by atomic mass is 9.77. The van der Waals surface area contributed by atoms with Crippen LogP contribution in [0, 0.1) is 17.8 Å². The molecule has 136 valence electrons. The quantitative estimate of drug-likeness (QED) is 0.717. The maximum Gasteiger partial charge on any atom is 0.416 e. The summed E-state index contributed by atoms with van der Waals surface area (Å²) in [5, 5.41) is 0. The Labute approximate surface area is 146 Å². The Hall–Kier alpha value is -1.06. The van der Waals surface area contributed by atoms with Crippen molar-refractivity contribution in [2.75, 3.05) is 6.61 Å². The Kier molecular flexibility index (Phi) is 6.18. The maximum atomic E-state index is 12.9. The highest BCUT2D eigenvalue weighted by molar-refractivity contribution is 5.93. The zero-order chi connectivity index (χ0) is 16.9. The average Bonchev–Trinajstić information content (AvgIpc) is 3.02. The summed E-state index contributed by atoms with van der Waals surface area (Å²) in [4.78, 5) is 26.6. The van der Waals surface area contributed by atoms with Crippen LogP contribution in [0.15, 0.2) is 0 Å². The van der Waals surface area contributed by atoms with Gasteiger partial charge in [0.2, 0.25) is 5.91 Å². The summed E-state index contributed by atoms with van der Waals surface area (Å²) in [6.07, 6.45) is 13.6. The molecule has 0 radical (unpaired) electrons. The smallest absolute Gasteiger partial charge is 0.416 e. The molecule has 1 unspecified atom stereocenters. The Morgan fingerprint density at radius 1 is 1.08 bits per heavy atom. The number of hydrogen-bond donors (Lipinski definition) is 0. The van der Waals surface area contributed by atoms with Gasteiger partial charge in [0.1, 0.15) is 6.61 Å². The molecular formula is C20H33NO3. The molecule has 24 heavy (non-hydrogen) atoms. The van der Waals surface area contributed by atoms with Crippen molar-refractivity contribution in [3.63, 3.8) is 0 Å². The van der Waals surface area contributed by atoms with Gasteiger partial charge in [-0.15, -0.1) is 0 Å². The molecule has 2 saturated carbocycles. The first kappa shape index (κ1) is 17.8. The summed E-state index contributed by atoms with van der Waals surface area (Å²) in [6.45, 7) is 2.60. The van der Waals surface area contributed by atoms with Gasteiger partial charge in [0.25, 0.3) is 0 Å². The fourth-order valence-electron chi connectivity index (χ4n) is 5.16. The van der Waals surface area contributed by atoms with Crippen LogP contribution in [0.1, 0.15) is 84.0 Å². The summed E-state index contributed by atoms with van der Waals surface area (Å²) >= 11 is 0. The van der Waals surface area contributed by atoms with E-state index in [1.165, 1.54) is 56.3 Å². The summed E-state index contributed by atoms with van der Waals surface area (Å²) in [5.41, 5.74) is 0. The highest BCUT2D eigenvalue weighted by atomic mass is 16.6. The fourth-order valence-corrected chi connectivity index (χ4v) is 5.16. The fraction of sp³-hybridized carbons (Fsp3) is 0.900. The van der Waals surface area contributed by atoms with Crippen molar-refractivity contribution >= 4 is 12.0 Å². The highest BCUT2D eigenvalue weighted by Crippen LogP contribution is 2.36. The van der Waals surface area contributed by atoms with E-state index in [1.54, 1.807) is 0 Å². The van der Waals surface area contributed by atoms with Crippen molar-refractivity contribution in [3.8, 4) is 0 Å². The number of carbonyl (C=O) groups is 2. The van der Waals surface area contributed by atoms with Crippen molar-refractivity contribution in [2.45, 2.75) is 90.0 Å². The molecule has 2 aliphatic carbocycles. The molecule has 0 aromatic rings. The highest BCUT2D eigenvalue weighted by Gasteiger charge is 2.43. The molecule has 0 N–H and O–H groups in total. The molecule has 3 fully saturated rings. The zero-order valence-electron chi connectivity index (χ0n) is 15.2. The molecule has 1 saturated heterocycles. The van der Waals surface area contributed by atoms with Gasteiger partial charge < -0.3 is 4.74 Å². The SMILES string of the molecule is CC[C@@H](CC(=O)N1C(=O)OCC1C1CCCCC1)C1CCCCC1. The van der Waals surface area contributed by atoms with E-state index in [0.717, 1.165) is 19.3 Å². The number of rotatable bonds is 5. The number of amides is 2. The molecular weight excluding hydrogens is 302 g/mol. The monoisotopic (exact) mass is 335 g/mol. The number of hydrogen-bond acceptors (Lipinski definition) is 3. The standard InChI is InChI=1S/C20H33NO3/c1-2-15(16-9-5-3-6-10-16)13-19(22)21-18(14-24-20(21)23)17-11-7-4-8-12-17/h15-18H,2-14H2,1H3/t15-,18?/m0/s1. The van der Waals surface area contributed by atoms with E-state index in [9.17, 15) is 9.59 Å². The van der Waals surface area contributed by atoms with Crippen LogP contribution in [0.4, 0.5) is 4.79 Å². The third kappa shape index (κ3) is 3.94. The minimum atomic E-state index is -0.394. The lowest BCUT2D eigenvalue weighted by Crippen LogP contribution is -2.44. The molecule has 0 spiro atoms. The number of ether oxygens (including phenoxy) is 1. The molecule has 4 nitrogen and oxygen atoms in total. The van der Waals surface area contributed by atoms with Gasteiger partial charge in [-0.05, 0) is 30.6 Å². The van der Waals surface area contributed by atoms with Gasteiger partial charge in [0.05, 0.1) is 6.04 Å². The van der Waals surface area contributed by atoms with Crippen LogP contribution in [0.3, 0.4) is 0 Å². The Morgan fingerprint density at radius 3 is 2.33 bits per heavy atom. The third-order valence-electron chi connectivity index (χ3n) is 6.65. The van der Waals surface area contributed by atoms with Gasteiger partial charge in [-0.25, -0.2) is 9.69 Å². The lowest BCUT2D eigenvalue weighted by Gasteiger charge is -2.33. The van der Waals surface area contributed by atoms with Crippen molar-refractivity contribution in [1.29, 1.82) is 0 Å². The number of carbonyl (C=O) groups excluding carboxylic acids is 2. The Bertz CT molecular complexity index is 438. The van der Waals surface area contributed by atoms with Gasteiger partial charge in [-0.1, -0.05) is 64.7 Å². The molecule has 2 atom stereocenters. The lowest BCUT2D eigenvalue weighted by molar-refractivity contribution is -0.131. The minimum Gasteiger partial charge on any atom is -0.447 e. The number of cyclic esters (lactones) is 1. The minimum absolute atomic E-state index is 0.00541. The number of imide groups is 1. The second-order valence-electron chi connectivity index (χ2n) is 8.08. The van der Waals surface area contributed by atoms with Gasteiger partial charge in [0, 0.05) is 6.42 Å². The van der Waals surface area contributed by atoms with E-state index in [-0.39, 0.29) is 11.9 Å². The Morgan fingerprint density at radius 2 is 1.71 bits per heavy atom. The van der Waals surface area contributed by atoms with Crippen molar-refractivity contribution in [1.82, 2.24) is 4.90 Å². The predicted octanol–water partition coefficient (Wildman–Crippen LogP) is 4.91. The summed E-state index contributed by atoms with van der Waals surface area (Å²) in [7, 11) is 0. The van der Waals surface area contributed by atoms with Crippen LogP contribution < -0.4 is 0 Å². The summed E-state index contributed by atoms with van der Waals surface area (Å²) < 4.78 is 5.28. The summed E-state index contributed by atoms with van der Waals surface area (Å²) in [5.74, 6) is 1.56. The van der Waals surface area contributed by atoms with E-state index in [2.05, 4.69) is 6.92 Å². The van der Waals surface area contributed by atoms with Crippen molar-refractivity contribution < 1.29 is 14.3 Å². The number of nitrogens with zero attached hydrogens (tertiary/aromatic N) is 1. The molecule has 0 aromatic heterocycles. The topological polar surface area (TPSA) is 46.6 Å². The first-order valence-corrected chi connectivity index (χ1v) is 10.2. The normalized spacial score (nSPS) is 28.0. The third-order valence-corrected chi connectivity index (χ3v) is 6.65.